The van der Waals surface area contributed by atoms with Crippen molar-refractivity contribution in [2.45, 2.75) is 34.6 Å². The van der Waals surface area contributed by atoms with Crippen LogP contribution < -0.4 is 0 Å². The van der Waals surface area contributed by atoms with E-state index in [4.69, 9.17) is 0 Å². The summed E-state index contributed by atoms with van der Waals surface area (Å²) in [4.78, 5) is 4.36. The maximum atomic E-state index is 4.36. The molecule has 1 heteroatoms. The van der Waals surface area contributed by atoms with Gasteiger partial charge in [-0.3, -0.25) is 4.99 Å². The normalized spacial score (nSPS) is 16.0. The Bertz CT molecular complexity index is 114. The van der Waals surface area contributed by atoms with Gasteiger partial charge in [0.05, 0.1) is 0 Å². The summed E-state index contributed by atoms with van der Waals surface area (Å²) in [7, 11) is 0. The van der Waals surface area contributed by atoms with Crippen LogP contribution in [0.25, 0.3) is 0 Å². The van der Waals surface area contributed by atoms with Crippen LogP contribution in [0, 0.1) is 11.8 Å². The van der Waals surface area contributed by atoms with E-state index in [1.54, 1.807) is 0 Å². The van der Waals surface area contributed by atoms with E-state index in [0.717, 1.165) is 12.5 Å². The van der Waals surface area contributed by atoms with Crippen LogP contribution in [-0.2, 0) is 0 Å². The molecule has 60 valence electrons. The molecule has 0 aromatic heterocycles. The lowest BCUT2D eigenvalue weighted by molar-refractivity contribution is 0.529. The Kier molecular flexibility index (Phi) is 4.33. The van der Waals surface area contributed by atoms with Crippen LogP contribution >= 0.6 is 0 Å². The molecule has 0 fully saturated rings. The van der Waals surface area contributed by atoms with Crippen LogP contribution in [0.4, 0.5) is 0 Å². The van der Waals surface area contributed by atoms with Crippen molar-refractivity contribution in [3.05, 3.63) is 0 Å². The average Bonchev–Trinajstić information content (AvgIpc) is 1.87. The summed E-state index contributed by atoms with van der Waals surface area (Å²) in [5.41, 5.74) is 1.29. The summed E-state index contributed by atoms with van der Waals surface area (Å²) >= 11 is 0. The molecular formula is C9H19N. The third-order valence-electron chi connectivity index (χ3n) is 2.07. The molecule has 0 aliphatic heterocycles. The Morgan fingerprint density at radius 3 is 2.10 bits per heavy atom. The van der Waals surface area contributed by atoms with Crippen molar-refractivity contribution >= 4 is 5.71 Å². The van der Waals surface area contributed by atoms with Crippen LogP contribution in [0.3, 0.4) is 0 Å². The third kappa shape index (κ3) is 3.00. The Labute approximate surface area is 64.6 Å². The summed E-state index contributed by atoms with van der Waals surface area (Å²) in [5, 5.41) is 0. The van der Waals surface area contributed by atoms with Crippen LogP contribution in [-0.4, -0.2) is 12.3 Å². The van der Waals surface area contributed by atoms with Crippen LogP contribution in [0.1, 0.15) is 34.6 Å². The van der Waals surface area contributed by atoms with Gasteiger partial charge in [0, 0.05) is 12.3 Å². The molecule has 0 amide bonds. The first-order chi connectivity index (χ1) is 4.59. The fourth-order valence-electron chi connectivity index (χ4n) is 0.876. The second kappa shape index (κ2) is 4.48. The molecule has 0 aliphatic carbocycles. The quantitative estimate of drug-likeness (QED) is 0.536. The highest BCUT2D eigenvalue weighted by Crippen LogP contribution is 2.11. The molecule has 0 saturated heterocycles. The summed E-state index contributed by atoms with van der Waals surface area (Å²) in [6.45, 7) is 11.8. The van der Waals surface area contributed by atoms with Crippen molar-refractivity contribution < 1.29 is 0 Å². The molecule has 0 bridgehead atoms. The predicted octanol–water partition coefficient (Wildman–Crippen LogP) is 2.76. The summed E-state index contributed by atoms with van der Waals surface area (Å²) < 4.78 is 0. The minimum atomic E-state index is 0.639. The van der Waals surface area contributed by atoms with E-state index in [-0.39, 0.29) is 0 Å². The molecular weight excluding hydrogens is 122 g/mol. The third-order valence-corrected chi connectivity index (χ3v) is 2.07. The first-order valence-corrected chi connectivity index (χ1v) is 4.10. The maximum Gasteiger partial charge on any atom is 0.0360 e. The molecule has 0 aliphatic rings. The van der Waals surface area contributed by atoms with Crippen LogP contribution in [0.5, 0.6) is 0 Å². The molecule has 0 saturated carbocycles. The average molecular weight is 141 g/mol. The summed E-state index contributed by atoms with van der Waals surface area (Å²) in [5.74, 6) is 1.36. The van der Waals surface area contributed by atoms with E-state index < -0.39 is 0 Å². The maximum absolute atomic E-state index is 4.36. The standard InChI is InChI=1S/C9H19N/c1-6-10-9(5)8(4)7(2)3/h7-8H,6H2,1-5H3. The van der Waals surface area contributed by atoms with E-state index >= 15 is 0 Å². The smallest absolute Gasteiger partial charge is 0.0360 e. The van der Waals surface area contributed by atoms with Gasteiger partial charge in [0.1, 0.15) is 0 Å². The number of rotatable bonds is 3. The summed E-state index contributed by atoms with van der Waals surface area (Å²) in [6, 6.07) is 0. The second-order valence-electron chi connectivity index (χ2n) is 3.15. The second-order valence-corrected chi connectivity index (χ2v) is 3.15. The molecule has 1 unspecified atom stereocenters. The number of nitrogens with zero attached hydrogens (tertiary/aromatic N) is 1. The lowest BCUT2D eigenvalue weighted by Gasteiger charge is -2.14. The first-order valence-electron chi connectivity index (χ1n) is 4.10. The van der Waals surface area contributed by atoms with Crippen molar-refractivity contribution in [3.63, 3.8) is 0 Å². The van der Waals surface area contributed by atoms with E-state index in [1.807, 2.05) is 0 Å². The molecule has 10 heavy (non-hydrogen) atoms. The molecule has 0 N–H and O–H groups in total. The van der Waals surface area contributed by atoms with Crippen molar-refractivity contribution in [1.29, 1.82) is 0 Å². The van der Waals surface area contributed by atoms with Gasteiger partial charge in [0.25, 0.3) is 0 Å². The van der Waals surface area contributed by atoms with Gasteiger partial charge in [-0.25, -0.2) is 0 Å². The van der Waals surface area contributed by atoms with Crippen molar-refractivity contribution in [2.75, 3.05) is 6.54 Å². The number of aliphatic imine (C=N–C) groups is 1. The Morgan fingerprint density at radius 2 is 1.80 bits per heavy atom. The van der Waals surface area contributed by atoms with Gasteiger partial charge in [-0.15, -0.1) is 0 Å². The fourth-order valence-corrected chi connectivity index (χ4v) is 0.876. The highest BCUT2D eigenvalue weighted by molar-refractivity contribution is 5.84. The van der Waals surface area contributed by atoms with Gasteiger partial charge >= 0.3 is 0 Å². The molecule has 0 rings (SSSR count). The molecule has 0 spiro atoms. The largest absolute Gasteiger partial charge is 0.294 e. The van der Waals surface area contributed by atoms with E-state index in [2.05, 4.69) is 39.6 Å². The van der Waals surface area contributed by atoms with Gasteiger partial charge in [0.15, 0.2) is 0 Å². The lowest BCUT2D eigenvalue weighted by atomic mass is 9.94. The topological polar surface area (TPSA) is 12.4 Å². The SMILES string of the molecule is CCN=C(C)C(C)C(C)C. The first kappa shape index (κ1) is 9.67. The zero-order valence-corrected chi connectivity index (χ0v) is 7.81. The molecule has 0 radical (unpaired) electrons. The predicted molar refractivity (Wildman–Crippen MR) is 47.7 cm³/mol. The van der Waals surface area contributed by atoms with E-state index in [1.165, 1.54) is 5.71 Å². The minimum absolute atomic E-state index is 0.639. The summed E-state index contributed by atoms with van der Waals surface area (Å²) in [6.07, 6.45) is 0. The Balaban J connectivity index is 3.93. The number of hydrogen-bond acceptors (Lipinski definition) is 1. The van der Waals surface area contributed by atoms with Gasteiger partial charge < -0.3 is 0 Å². The van der Waals surface area contributed by atoms with Crippen LogP contribution in [0.15, 0.2) is 4.99 Å². The Morgan fingerprint density at radius 1 is 1.30 bits per heavy atom. The molecule has 0 aromatic rings. The van der Waals surface area contributed by atoms with Gasteiger partial charge in [-0.2, -0.15) is 0 Å². The highest BCUT2D eigenvalue weighted by atomic mass is 14.7. The Hall–Kier alpha value is -0.330. The molecule has 0 heterocycles. The lowest BCUT2D eigenvalue weighted by Crippen LogP contribution is -2.13. The van der Waals surface area contributed by atoms with E-state index in [9.17, 15) is 0 Å². The van der Waals surface area contributed by atoms with Crippen LogP contribution in [0.2, 0.25) is 0 Å². The minimum Gasteiger partial charge on any atom is -0.294 e. The van der Waals surface area contributed by atoms with Gasteiger partial charge in [-0.05, 0) is 25.7 Å². The van der Waals surface area contributed by atoms with Gasteiger partial charge in [-0.1, -0.05) is 20.8 Å². The highest BCUT2D eigenvalue weighted by Gasteiger charge is 2.08. The fraction of sp³-hybridized carbons (Fsp3) is 0.889. The number of hydrogen-bond donors (Lipinski definition) is 0. The molecule has 1 nitrogen and oxygen atoms in total. The zero-order valence-electron chi connectivity index (χ0n) is 7.81. The van der Waals surface area contributed by atoms with E-state index in [0.29, 0.717) is 5.92 Å². The van der Waals surface area contributed by atoms with Crippen molar-refractivity contribution in [3.8, 4) is 0 Å². The van der Waals surface area contributed by atoms with Crippen molar-refractivity contribution in [1.82, 2.24) is 0 Å². The molecule has 0 aromatic carbocycles. The zero-order chi connectivity index (χ0) is 8.15. The molecule has 1 atom stereocenters. The van der Waals surface area contributed by atoms with Gasteiger partial charge in [0.2, 0.25) is 0 Å². The van der Waals surface area contributed by atoms with Crippen molar-refractivity contribution in [2.24, 2.45) is 16.8 Å². The monoisotopic (exact) mass is 141 g/mol.